The van der Waals surface area contributed by atoms with E-state index < -0.39 is 16.6 Å². The average Bonchev–Trinajstić information content (AvgIpc) is 2.97. The van der Waals surface area contributed by atoms with Gasteiger partial charge in [0.1, 0.15) is 16.8 Å². The topological polar surface area (TPSA) is 112 Å². The molecular weight excluding hydrogens is 394 g/mol. The van der Waals surface area contributed by atoms with Crippen molar-refractivity contribution in [2.24, 2.45) is 0 Å². The molecule has 0 radical (unpaired) electrons. The molecule has 0 atom stereocenters. The van der Waals surface area contributed by atoms with Gasteiger partial charge in [-0.25, -0.2) is 9.78 Å². The summed E-state index contributed by atoms with van der Waals surface area (Å²) >= 11 is 1.45. The Morgan fingerprint density at radius 3 is 2.55 bits per heavy atom. The number of carbonyl (C=O) groups is 1. The maximum atomic E-state index is 11.8. The molecule has 0 saturated carbocycles. The van der Waals surface area contributed by atoms with Gasteiger partial charge in [-0.1, -0.05) is 25.6 Å². The van der Waals surface area contributed by atoms with Gasteiger partial charge in [-0.15, -0.1) is 0 Å². The zero-order chi connectivity index (χ0) is 21.6. The summed E-state index contributed by atoms with van der Waals surface area (Å²) < 4.78 is 7.14. The minimum atomic E-state index is -0.540. The van der Waals surface area contributed by atoms with Crippen molar-refractivity contribution < 1.29 is 14.5 Å². The van der Waals surface area contributed by atoms with Crippen LogP contribution in [-0.4, -0.2) is 37.9 Å². The number of nitrogens with one attached hydrogen (secondary N) is 1. The highest BCUT2D eigenvalue weighted by Crippen LogP contribution is 2.33. The second-order valence-corrected chi connectivity index (χ2v) is 8.33. The lowest BCUT2D eigenvalue weighted by Gasteiger charge is -2.19. The summed E-state index contributed by atoms with van der Waals surface area (Å²) in [7, 11) is 0. The molecule has 10 heteroatoms. The van der Waals surface area contributed by atoms with E-state index in [0.29, 0.717) is 18.1 Å². The molecule has 0 aromatic carbocycles. The van der Waals surface area contributed by atoms with Gasteiger partial charge in [0, 0.05) is 12.6 Å². The highest BCUT2D eigenvalue weighted by Gasteiger charge is 2.19. The molecule has 2 aromatic heterocycles. The number of alkyl carbamates (subject to hydrolysis) is 1. The van der Waals surface area contributed by atoms with Crippen LogP contribution < -0.4 is 5.32 Å². The monoisotopic (exact) mass is 421 g/mol. The highest BCUT2D eigenvalue weighted by molar-refractivity contribution is 7.99. The van der Waals surface area contributed by atoms with Crippen LogP contribution in [0.5, 0.6) is 0 Å². The van der Waals surface area contributed by atoms with Gasteiger partial charge >= 0.3 is 6.09 Å². The maximum absolute atomic E-state index is 11.8. The predicted molar refractivity (Wildman–Crippen MR) is 110 cm³/mol. The van der Waals surface area contributed by atoms with Gasteiger partial charge < -0.3 is 10.1 Å². The number of ether oxygens (including phenoxy) is 1. The van der Waals surface area contributed by atoms with Crippen molar-refractivity contribution in [1.29, 1.82) is 0 Å². The van der Waals surface area contributed by atoms with Gasteiger partial charge in [-0.3, -0.25) is 14.8 Å². The summed E-state index contributed by atoms with van der Waals surface area (Å²) in [4.78, 5) is 27.4. The maximum Gasteiger partial charge on any atom is 0.407 e. The number of aryl methyl sites for hydroxylation is 1. The molecule has 1 amide bonds. The second-order valence-electron chi connectivity index (χ2n) is 7.30. The van der Waals surface area contributed by atoms with E-state index in [4.69, 9.17) is 4.74 Å². The number of nitrogens with zero attached hydrogens (tertiary/aromatic N) is 4. The number of nitro groups is 1. The molecule has 9 nitrogen and oxygen atoms in total. The number of carbonyl (C=O) groups excluding carboxylic acids is 1. The van der Waals surface area contributed by atoms with Crippen molar-refractivity contribution >= 4 is 23.5 Å². The van der Waals surface area contributed by atoms with Crippen molar-refractivity contribution in [1.82, 2.24) is 20.1 Å². The third-order valence-corrected chi connectivity index (χ3v) is 5.00. The Morgan fingerprint density at radius 1 is 1.31 bits per heavy atom. The zero-order valence-electron chi connectivity index (χ0n) is 17.4. The summed E-state index contributed by atoms with van der Waals surface area (Å²) in [6.45, 7) is 10.4. The Balaban J connectivity index is 2.12. The van der Waals surface area contributed by atoms with E-state index in [2.05, 4.69) is 15.4 Å². The predicted octanol–water partition coefficient (Wildman–Crippen LogP) is 3.99. The van der Waals surface area contributed by atoms with Crippen LogP contribution in [0.3, 0.4) is 0 Å². The average molecular weight is 422 g/mol. The summed E-state index contributed by atoms with van der Waals surface area (Å²) in [5.74, 6) is 0. The molecule has 158 valence electrons. The molecule has 0 aliphatic rings. The Morgan fingerprint density at radius 2 is 2.03 bits per heavy atom. The van der Waals surface area contributed by atoms with E-state index >= 15 is 0 Å². The first-order valence-corrected chi connectivity index (χ1v) is 10.3. The molecule has 0 spiro atoms. The molecule has 2 rings (SSSR count). The number of aromatic nitrogens is 3. The van der Waals surface area contributed by atoms with Gasteiger partial charge in [-0.05, 0) is 39.7 Å². The van der Waals surface area contributed by atoms with Crippen LogP contribution in [0.15, 0.2) is 28.3 Å². The normalized spacial score (nSPS) is 11.3. The highest BCUT2D eigenvalue weighted by atomic mass is 32.2. The fraction of sp³-hybridized carbons (Fsp3) is 0.526. The summed E-state index contributed by atoms with van der Waals surface area (Å²) in [5.41, 5.74) is 1.40. The van der Waals surface area contributed by atoms with E-state index in [1.807, 2.05) is 39.3 Å². The van der Waals surface area contributed by atoms with E-state index in [1.165, 1.54) is 24.0 Å². The molecule has 29 heavy (non-hydrogen) atoms. The number of rotatable bonds is 8. The lowest BCUT2D eigenvalue weighted by atomic mass is 10.2. The molecule has 2 aromatic rings. The third-order valence-electron chi connectivity index (χ3n) is 3.88. The van der Waals surface area contributed by atoms with Crippen molar-refractivity contribution in [3.8, 4) is 0 Å². The third kappa shape index (κ3) is 6.45. The minimum absolute atomic E-state index is 0.0373. The van der Waals surface area contributed by atoms with Gasteiger partial charge in [0.15, 0.2) is 0 Å². The van der Waals surface area contributed by atoms with Crippen LogP contribution in [0.2, 0.25) is 0 Å². The number of pyridine rings is 1. The first kappa shape index (κ1) is 22.7. The summed E-state index contributed by atoms with van der Waals surface area (Å²) in [5, 5.41) is 18.9. The lowest BCUT2D eigenvalue weighted by molar-refractivity contribution is -0.385. The molecular formula is C19H27N5O4S. The largest absolute Gasteiger partial charge is 0.444 e. The Labute approximate surface area is 174 Å². The van der Waals surface area contributed by atoms with Crippen molar-refractivity contribution in [2.75, 3.05) is 6.54 Å². The first-order valence-electron chi connectivity index (χ1n) is 9.48. The van der Waals surface area contributed by atoms with Crippen LogP contribution in [-0.2, 0) is 24.1 Å². The van der Waals surface area contributed by atoms with Crippen LogP contribution >= 0.6 is 11.8 Å². The molecule has 0 unspecified atom stereocenters. The van der Waals surface area contributed by atoms with E-state index in [1.54, 1.807) is 6.07 Å². The van der Waals surface area contributed by atoms with Crippen LogP contribution in [0.4, 0.5) is 10.5 Å². The molecule has 0 fully saturated rings. The van der Waals surface area contributed by atoms with Crippen molar-refractivity contribution in [2.45, 2.75) is 69.5 Å². The standard InChI is InChI=1S/C19H27N5O4S/c1-6-14-17(29-16-9-8-13(12-21-16)24(26)27)15(7-2)23(22-14)11-10-20-18(25)28-19(3,4)5/h8-9,12H,6-7,10-11H2,1-5H3,(H,20,25). The summed E-state index contributed by atoms with van der Waals surface area (Å²) in [6, 6.07) is 3.09. The number of hydrogen-bond donors (Lipinski definition) is 1. The molecule has 0 aliphatic carbocycles. The fourth-order valence-electron chi connectivity index (χ4n) is 2.64. The molecule has 0 saturated heterocycles. The van der Waals surface area contributed by atoms with Crippen molar-refractivity contribution in [3.63, 3.8) is 0 Å². The smallest absolute Gasteiger partial charge is 0.407 e. The van der Waals surface area contributed by atoms with Crippen molar-refractivity contribution in [3.05, 3.63) is 39.8 Å². The second kappa shape index (κ2) is 9.73. The fourth-order valence-corrected chi connectivity index (χ4v) is 3.76. The Hall–Kier alpha value is -2.62. The van der Waals surface area contributed by atoms with E-state index in [-0.39, 0.29) is 5.69 Å². The van der Waals surface area contributed by atoms with Gasteiger partial charge in [0.25, 0.3) is 5.69 Å². The number of amides is 1. The lowest BCUT2D eigenvalue weighted by Crippen LogP contribution is -2.34. The first-order chi connectivity index (χ1) is 13.6. The van der Waals surface area contributed by atoms with Crippen LogP contribution in [0, 0.1) is 10.1 Å². The Bertz CT molecular complexity index is 859. The molecule has 1 N–H and O–H groups in total. The van der Waals surface area contributed by atoms with E-state index in [9.17, 15) is 14.9 Å². The van der Waals surface area contributed by atoms with Crippen LogP contribution in [0.25, 0.3) is 0 Å². The Kier molecular flexibility index (Phi) is 7.60. The number of hydrogen-bond acceptors (Lipinski definition) is 7. The van der Waals surface area contributed by atoms with Crippen LogP contribution in [0.1, 0.15) is 46.0 Å². The minimum Gasteiger partial charge on any atom is -0.444 e. The van der Waals surface area contributed by atoms with Gasteiger partial charge in [0.2, 0.25) is 0 Å². The van der Waals surface area contributed by atoms with Gasteiger partial charge in [-0.2, -0.15) is 5.10 Å². The summed E-state index contributed by atoms with van der Waals surface area (Å²) in [6.07, 6.45) is 2.31. The molecule has 0 bridgehead atoms. The molecule has 0 aliphatic heterocycles. The zero-order valence-corrected chi connectivity index (χ0v) is 18.2. The van der Waals surface area contributed by atoms with E-state index in [0.717, 1.165) is 29.1 Å². The molecule has 2 heterocycles. The SMILES string of the molecule is CCc1nn(CCNC(=O)OC(C)(C)C)c(CC)c1Sc1ccc([N+](=O)[O-])cn1. The quantitative estimate of drug-likeness (QED) is 0.506. The van der Waals surface area contributed by atoms with Gasteiger partial charge in [0.05, 0.1) is 27.8 Å².